The monoisotopic (exact) mass is 276 g/mol. The third kappa shape index (κ3) is 4.28. The van der Waals surface area contributed by atoms with E-state index in [0.717, 1.165) is 31.9 Å². The fourth-order valence-electron chi connectivity index (χ4n) is 2.49. The zero-order chi connectivity index (χ0) is 14.5. The van der Waals surface area contributed by atoms with Crippen LogP contribution in [-0.2, 0) is 11.2 Å². The van der Waals surface area contributed by atoms with Crippen molar-refractivity contribution in [1.82, 2.24) is 14.8 Å². The van der Waals surface area contributed by atoms with E-state index in [4.69, 9.17) is 5.73 Å². The fourth-order valence-corrected chi connectivity index (χ4v) is 2.49. The second kappa shape index (κ2) is 6.81. The summed E-state index contributed by atoms with van der Waals surface area (Å²) in [5, 5.41) is 0. The van der Waals surface area contributed by atoms with Gasteiger partial charge in [-0.25, -0.2) is 0 Å². The van der Waals surface area contributed by atoms with Crippen LogP contribution < -0.4 is 5.73 Å². The van der Waals surface area contributed by atoms with E-state index in [1.807, 2.05) is 6.07 Å². The Morgan fingerprint density at radius 1 is 1.30 bits per heavy atom. The van der Waals surface area contributed by atoms with Crippen LogP contribution in [0.15, 0.2) is 18.3 Å². The van der Waals surface area contributed by atoms with Crippen molar-refractivity contribution in [3.8, 4) is 0 Å². The largest absolute Gasteiger partial charge is 0.397 e. The van der Waals surface area contributed by atoms with Crippen LogP contribution in [0.1, 0.15) is 19.5 Å². The second-order valence-electron chi connectivity index (χ2n) is 5.70. The summed E-state index contributed by atoms with van der Waals surface area (Å²) in [5.41, 5.74) is 7.01. The van der Waals surface area contributed by atoms with Crippen LogP contribution >= 0.6 is 0 Å². The highest BCUT2D eigenvalue weighted by Crippen LogP contribution is 2.07. The van der Waals surface area contributed by atoms with E-state index in [9.17, 15) is 4.79 Å². The molecule has 0 radical (unpaired) electrons. The molecule has 110 valence electrons. The van der Waals surface area contributed by atoms with Gasteiger partial charge in [0.1, 0.15) is 0 Å². The number of anilines is 1. The predicted molar refractivity (Wildman–Crippen MR) is 80.5 cm³/mol. The Balaban J connectivity index is 1.77. The van der Waals surface area contributed by atoms with Crippen LogP contribution in [0.4, 0.5) is 5.69 Å². The Kier molecular flexibility index (Phi) is 5.09. The minimum atomic E-state index is 0.222. The first-order chi connectivity index (χ1) is 9.54. The molecule has 0 unspecified atom stereocenters. The first-order valence-corrected chi connectivity index (χ1v) is 7.23. The number of nitrogen functional groups attached to an aromatic ring is 1. The third-order valence-electron chi connectivity index (χ3n) is 3.76. The van der Waals surface area contributed by atoms with Gasteiger partial charge in [0.05, 0.1) is 24.8 Å². The molecule has 0 atom stereocenters. The SMILES string of the molecule is CC(C)N1CCN(CC(=O)Cc2ccc(N)cn2)CC1. The second-order valence-corrected chi connectivity index (χ2v) is 5.70. The van der Waals surface area contributed by atoms with Crippen LogP contribution in [0, 0.1) is 0 Å². The molecule has 0 aromatic carbocycles. The van der Waals surface area contributed by atoms with E-state index in [1.54, 1.807) is 12.3 Å². The molecule has 0 spiro atoms. The average molecular weight is 276 g/mol. The van der Waals surface area contributed by atoms with Gasteiger partial charge in [-0.2, -0.15) is 0 Å². The molecule has 1 aromatic rings. The van der Waals surface area contributed by atoms with Crippen LogP contribution in [0.3, 0.4) is 0 Å². The Morgan fingerprint density at radius 2 is 2.00 bits per heavy atom. The van der Waals surface area contributed by atoms with Crippen molar-refractivity contribution in [2.75, 3.05) is 38.5 Å². The first-order valence-electron chi connectivity index (χ1n) is 7.23. The number of nitrogens with two attached hydrogens (primary N) is 1. The lowest BCUT2D eigenvalue weighted by Crippen LogP contribution is -2.50. The van der Waals surface area contributed by atoms with Crippen LogP contribution in [0.25, 0.3) is 0 Å². The first kappa shape index (κ1) is 14.9. The topological polar surface area (TPSA) is 62.5 Å². The molecule has 2 N–H and O–H groups in total. The van der Waals surface area contributed by atoms with Gasteiger partial charge in [0.2, 0.25) is 0 Å². The number of hydrogen-bond donors (Lipinski definition) is 1. The van der Waals surface area contributed by atoms with Gasteiger partial charge < -0.3 is 5.73 Å². The Hall–Kier alpha value is -1.46. The van der Waals surface area contributed by atoms with Crippen molar-refractivity contribution in [1.29, 1.82) is 0 Å². The van der Waals surface area contributed by atoms with E-state index in [-0.39, 0.29) is 5.78 Å². The molecular weight excluding hydrogens is 252 g/mol. The minimum absolute atomic E-state index is 0.222. The maximum absolute atomic E-state index is 12.1. The highest BCUT2D eigenvalue weighted by molar-refractivity contribution is 5.82. The minimum Gasteiger partial charge on any atom is -0.397 e. The number of carbonyl (C=O) groups is 1. The smallest absolute Gasteiger partial charge is 0.152 e. The predicted octanol–water partition coefficient (Wildman–Crippen LogP) is 0.801. The number of piperazine rings is 1. The van der Waals surface area contributed by atoms with Crippen LogP contribution in [0.5, 0.6) is 0 Å². The van der Waals surface area contributed by atoms with E-state index >= 15 is 0 Å². The third-order valence-corrected chi connectivity index (χ3v) is 3.76. The summed E-state index contributed by atoms with van der Waals surface area (Å²) >= 11 is 0. The molecule has 0 amide bonds. The molecule has 0 aliphatic carbocycles. The summed E-state index contributed by atoms with van der Waals surface area (Å²) in [7, 11) is 0. The Labute approximate surface area is 120 Å². The van der Waals surface area contributed by atoms with Gasteiger partial charge in [-0.1, -0.05) is 0 Å². The van der Waals surface area contributed by atoms with Gasteiger partial charge in [0.15, 0.2) is 5.78 Å². The molecule has 1 fully saturated rings. The van der Waals surface area contributed by atoms with Crippen molar-refractivity contribution < 1.29 is 4.79 Å². The molecule has 2 heterocycles. The quantitative estimate of drug-likeness (QED) is 0.862. The van der Waals surface area contributed by atoms with Gasteiger partial charge >= 0.3 is 0 Å². The van der Waals surface area contributed by atoms with E-state index in [0.29, 0.717) is 24.7 Å². The molecule has 1 saturated heterocycles. The maximum atomic E-state index is 12.1. The number of nitrogens with zero attached hydrogens (tertiary/aromatic N) is 3. The van der Waals surface area contributed by atoms with Crippen LogP contribution in [-0.4, -0.2) is 59.3 Å². The van der Waals surface area contributed by atoms with Crippen molar-refractivity contribution in [3.63, 3.8) is 0 Å². The molecule has 1 aliphatic heterocycles. The van der Waals surface area contributed by atoms with Gasteiger partial charge in [0.25, 0.3) is 0 Å². The molecule has 2 rings (SSSR count). The lowest BCUT2D eigenvalue weighted by molar-refractivity contribution is -0.120. The van der Waals surface area contributed by atoms with Crippen LogP contribution in [0.2, 0.25) is 0 Å². The molecule has 0 bridgehead atoms. The number of ketones is 1. The van der Waals surface area contributed by atoms with E-state index in [1.165, 1.54) is 0 Å². The summed E-state index contributed by atoms with van der Waals surface area (Å²) in [6.45, 7) is 8.99. The summed E-state index contributed by atoms with van der Waals surface area (Å²) in [5.74, 6) is 0.222. The van der Waals surface area contributed by atoms with Crippen molar-refractivity contribution in [3.05, 3.63) is 24.0 Å². The summed E-state index contributed by atoms with van der Waals surface area (Å²) in [6, 6.07) is 4.20. The maximum Gasteiger partial charge on any atom is 0.152 e. The van der Waals surface area contributed by atoms with Crippen molar-refractivity contribution in [2.24, 2.45) is 0 Å². The molecular formula is C15H24N4O. The van der Waals surface area contributed by atoms with Crippen molar-refractivity contribution in [2.45, 2.75) is 26.3 Å². The summed E-state index contributed by atoms with van der Waals surface area (Å²) < 4.78 is 0. The lowest BCUT2D eigenvalue weighted by Gasteiger charge is -2.36. The van der Waals surface area contributed by atoms with Gasteiger partial charge in [-0.05, 0) is 26.0 Å². The highest BCUT2D eigenvalue weighted by Gasteiger charge is 2.20. The Bertz CT molecular complexity index is 436. The molecule has 0 saturated carbocycles. The normalized spacial score (nSPS) is 17.6. The fraction of sp³-hybridized carbons (Fsp3) is 0.600. The number of Topliss-reactive ketones (excluding diaryl/α,β-unsaturated/α-hetero) is 1. The number of carbonyl (C=O) groups excluding carboxylic acids is 1. The Morgan fingerprint density at radius 3 is 2.55 bits per heavy atom. The van der Waals surface area contributed by atoms with Gasteiger partial charge in [-0.3, -0.25) is 19.6 Å². The molecule has 5 nitrogen and oxygen atoms in total. The van der Waals surface area contributed by atoms with Gasteiger partial charge in [0, 0.05) is 37.9 Å². The van der Waals surface area contributed by atoms with E-state index in [2.05, 4.69) is 28.6 Å². The highest BCUT2D eigenvalue weighted by atomic mass is 16.1. The average Bonchev–Trinajstić information content (AvgIpc) is 2.42. The summed E-state index contributed by atoms with van der Waals surface area (Å²) in [6.07, 6.45) is 1.99. The summed E-state index contributed by atoms with van der Waals surface area (Å²) in [4.78, 5) is 20.9. The lowest BCUT2D eigenvalue weighted by atomic mass is 10.1. The van der Waals surface area contributed by atoms with E-state index < -0.39 is 0 Å². The number of hydrogen-bond acceptors (Lipinski definition) is 5. The molecule has 1 aliphatic rings. The number of pyridine rings is 1. The van der Waals surface area contributed by atoms with Crippen molar-refractivity contribution >= 4 is 11.5 Å². The van der Waals surface area contributed by atoms with Gasteiger partial charge in [-0.15, -0.1) is 0 Å². The zero-order valence-corrected chi connectivity index (χ0v) is 12.4. The molecule has 5 heteroatoms. The standard InChI is InChI=1S/C15H24N4O/c1-12(2)19-7-5-18(6-8-19)11-15(20)9-14-4-3-13(16)10-17-14/h3-4,10,12H,5-9,11,16H2,1-2H3. The zero-order valence-electron chi connectivity index (χ0n) is 12.4. The number of aromatic nitrogens is 1. The molecule has 20 heavy (non-hydrogen) atoms. The molecule has 1 aromatic heterocycles. The number of rotatable bonds is 5.